The van der Waals surface area contributed by atoms with E-state index in [9.17, 15) is 4.79 Å². The van der Waals surface area contributed by atoms with E-state index in [1.165, 1.54) is 0 Å². The maximum Gasteiger partial charge on any atom is 0.226 e. The zero-order valence-electron chi connectivity index (χ0n) is 9.34. The Kier molecular flexibility index (Phi) is 4.58. The molecular weight excluding hydrogens is 228 g/mol. The molecule has 0 unspecified atom stereocenters. The molecule has 0 spiro atoms. The van der Waals surface area contributed by atoms with Crippen LogP contribution in [-0.2, 0) is 9.53 Å². The number of nitrogens with two attached hydrogens (primary N) is 1. The lowest BCUT2D eigenvalue weighted by Gasteiger charge is -2.10. The molecule has 0 aromatic heterocycles. The first kappa shape index (κ1) is 12.8. The third kappa shape index (κ3) is 3.40. The Labute approximate surface area is 99.7 Å². The number of aryl methyl sites for hydroxylation is 1. The minimum absolute atomic E-state index is 0.106. The first-order valence-electron chi connectivity index (χ1n) is 4.89. The van der Waals surface area contributed by atoms with Crippen LogP contribution in [0.1, 0.15) is 12.0 Å². The van der Waals surface area contributed by atoms with Crippen molar-refractivity contribution in [2.24, 2.45) is 0 Å². The van der Waals surface area contributed by atoms with Crippen LogP contribution in [0.15, 0.2) is 12.1 Å². The molecule has 0 atom stereocenters. The average molecular weight is 243 g/mol. The summed E-state index contributed by atoms with van der Waals surface area (Å²) >= 11 is 5.87. The van der Waals surface area contributed by atoms with E-state index >= 15 is 0 Å². The molecule has 0 saturated heterocycles. The standard InChI is InChI=1S/C11H15ClN2O2/c1-7-5-9(13)8(12)6-10(7)14-11(15)3-4-16-2/h5-6H,3-4,13H2,1-2H3,(H,14,15). The zero-order valence-corrected chi connectivity index (χ0v) is 10.1. The van der Waals surface area contributed by atoms with Gasteiger partial charge >= 0.3 is 0 Å². The first-order valence-corrected chi connectivity index (χ1v) is 5.26. The number of carbonyl (C=O) groups excluding carboxylic acids is 1. The summed E-state index contributed by atoms with van der Waals surface area (Å²) in [5, 5.41) is 3.19. The van der Waals surface area contributed by atoms with Crippen LogP contribution in [0.25, 0.3) is 0 Å². The van der Waals surface area contributed by atoms with Gasteiger partial charge in [-0.25, -0.2) is 0 Å². The van der Waals surface area contributed by atoms with Crippen LogP contribution in [0.2, 0.25) is 5.02 Å². The van der Waals surface area contributed by atoms with E-state index < -0.39 is 0 Å². The highest BCUT2D eigenvalue weighted by Crippen LogP contribution is 2.26. The second-order valence-electron chi connectivity index (χ2n) is 3.48. The van der Waals surface area contributed by atoms with Crippen LogP contribution < -0.4 is 11.1 Å². The molecular formula is C11H15ClN2O2. The molecule has 0 saturated carbocycles. The van der Waals surface area contributed by atoms with Gasteiger partial charge in [0.2, 0.25) is 5.91 Å². The minimum Gasteiger partial charge on any atom is -0.398 e. The minimum atomic E-state index is -0.106. The van der Waals surface area contributed by atoms with E-state index in [0.717, 1.165) is 5.56 Å². The van der Waals surface area contributed by atoms with Crippen LogP contribution in [-0.4, -0.2) is 19.6 Å². The number of halogens is 1. The molecule has 16 heavy (non-hydrogen) atoms. The molecule has 1 amide bonds. The van der Waals surface area contributed by atoms with E-state index in [4.69, 9.17) is 22.1 Å². The van der Waals surface area contributed by atoms with E-state index in [1.54, 1.807) is 19.2 Å². The van der Waals surface area contributed by atoms with E-state index in [0.29, 0.717) is 29.4 Å². The van der Waals surface area contributed by atoms with Crippen molar-refractivity contribution >= 4 is 28.9 Å². The summed E-state index contributed by atoms with van der Waals surface area (Å²) in [5.74, 6) is -0.106. The predicted octanol–water partition coefficient (Wildman–Crippen LogP) is 2.21. The Morgan fingerprint density at radius 3 is 2.88 bits per heavy atom. The van der Waals surface area contributed by atoms with E-state index in [2.05, 4.69) is 5.32 Å². The lowest BCUT2D eigenvalue weighted by molar-refractivity contribution is -0.117. The van der Waals surface area contributed by atoms with Crippen molar-refractivity contribution in [3.8, 4) is 0 Å². The maximum absolute atomic E-state index is 11.5. The lowest BCUT2D eigenvalue weighted by Crippen LogP contribution is -2.14. The fourth-order valence-corrected chi connectivity index (χ4v) is 1.41. The van der Waals surface area contributed by atoms with Gasteiger partial charge in [-0.1, -0.05) is 11.6 Å². The normalized spacial score (nSPS) is 10.2. The monoisotopic (exact) mass is 242 g/mol. The van der Waals surface area contributed by atoms with Crippen molar-refractivity contribution < 1.29 is 9.53 Å². The summed E-state index contributed by atoms with van der Waals surface area (Å²) in [6.45, 7) is 2.26. The summed E-state index contributed by atoms with van der Waals surface area (Å²) in [7, 11) is 1.55. The number of nitrogens with one attached hydrogen (secondary N) is 1. The van der Waals surface area contributed by atoms with Gasteiger partial charge in [-0.3, -0.25) is 4.79 Å². The molecule has 3 N–H and O–H groups in total. The van der Waals surface area contributed by atoms with Gasteiger partial charge in [-0.15, -0.1) is 0 Å². The van der Waals surface area contributed by atoms with Crippen LogP contribution in [0, 0.1) is 6.92 Å². The Morgan fingerprint density at radius 2 is 2.25 bits per heavy atom. The van der Waals surface area contributed by atoms with Crippen LogP contribution in [0.3, 0.4) is 0 Å². The summed E-state index contributed by atoms with van der Waals surface area (Å²) in [6.07, 6.45) is 0.317. The second kappa shape index (κ2) is 5.72. The third-order valence-electron chi connectivity index (χ3n) is 2.15. The van der Waals surface area contributed by atoms with Crippen LogP contribution in [0.5, 0.6) is 0 Å². The number of carbonyl (C=O) groups is 1. The number of ether oxygens (including phenoxy) is 1. The number of anilines is 2. The smallest absolute Gasteiger partial charge is 0.226 e. The number of hydrogen-bond donors (Lipinski definition) is 2. The Balaban J connectivity index is 2.73. The summed E-state index contributed by atoms with van der Waals surface area (Å²) in [4.78, 5) is 11.5. The average Bonchev–Trinajstić information content (AvgIpc) is 2.23. The van der Waals surface area contributed by atoms with Gasteiger partial charge in [0, 0.05) is 12.8 Å². The zero-order chi connectivity index (χ0) is 12.1. The molecule has 0 aliphatic carbocycles. The van der Waals surface area contributed by atoms with Gasteiger partial charge < -0.3 is 15.8 Å². The highest BCUT2D eigenvalue weighted by atomic mass is 35.5. The van der Waals surface area contributed by atoms with Crippen molar-refractivity contribution in [3.05, 3.63) is 22.7 Å². The quantitative estimate of drug-likeness (QED) is 0.796. The molecule has 4 nitrogen and oxygen atoms in total. The van der Waals surface area contributed by atoms with E-state index in [-0.39, 0.29) is 5.91 Å². The number of amides is 1. The number of methoxy groups -OCH3 is 1. The highest BCUT2D eigenvalue weighted by molar-refractivity contribution is 6.33. The predicted molar refractivity (Wildman–Crippen MR) is 65.7 cm³/mol. The number of rotatable bonds is 4. The Hall–Kier alpha value is -1.26. The van der Waals surface area contributed by atoms with Gasteiger partial charge in [0.05, 0.1) is 23.7 Å². The molecule has 88 valence electrons. The molecule has 5 heteroatoms. The molecule has 0 aliphatic rings. The SMILES string of the molecule is COCCC(=O)Nc1cc(Cl)c(N)cc1C. The van der Waals surface area contributed by atoms with Gasteiger partial charge in [0.1, 0.15) is 0 Å². The molecule has 0 aliphatic heterocycles. The van der Waals surface area contributed by atoms with E-state index in [1.807, 2.05) is 6.92 Å². The molecule has 1 aromatic rings. The molecule has 0 radical (unpaired) electrons. The Morgan fingerprint density at radius 1 is 1.56 bits per heavy atom. The molecule has 1 rings (SSSR count). The topological polar surface area (TPSA) is 64.3 Å². The maximum atomic E-state index is 11.5. The first-order chi connectivity index (χ1) is 7.54. The van der Waals surface area contributed by atoms with Crippen LogP contribution in [0.4, 0.5) is 11.4 Å². The van der Waals surface area contributed by atoms with Gasteiger partial charge in [-0.2, -0.15) is 0 Å². The molecule has 1 aromatic carbocycles. The van der Waals surface area contributed by atoms with Crippen molar-refractivity contribution in [2.45, 2.75) is 13.3 Å². The summed E-state index contributed by atoms with van der Waals surface area (Å²) < 4.78 is 4.82. The fourth-order valence-electron chi connectivity index (χ4n) is 1.25. The van der Waals surface area contributed by atoms with Crippen molar-refractivity contribution in [2.75, 3.05) is 24.8 Å². The van der Waals surface area contributed by atoms with Crippen molar-refractivity contribution in [3.63, 3.8) is 0 Å². The highest BCUT2D eigenvalue weighted by Gasteiger charge is 2.07. The van der Waals surface area contributed by atoms with Crippen molar-refractivity contribution in [1.82, 2.24) is 0 Å². The summed E-state index contributed by atoms with van der Waals surface area (Å²) in [5.41, 5.74) is 7.71. The number of nitrogen functional groups attached to an aromatic ring is 1. The second-order valence-corrected chi connectivity index (χ2v) is 3.89. The molecule has 0 bridgehead atoms. The van der Waals surface area contributed by atoms with Gasteiger partial charge in [0.15, 0.2) is 0 Å². The number of benzene rings is 1. The third-order valence-corrected chi connectivity index (χ3v) is 2.48. The molecule has 0 heterocycles. The van der Waals surface area contributed by atoms with Gasteiger partial charge in [0.25, 0.3) is 0 Å². The summed E-state index contributed by atoms with van der Waals surface area (Å²) in [6, 6.07) is 3.38. The van der Waals surface area contributed by atoms with Crippen molar-refractivity contribution in [1.29, 1.82) is 0 Å². The largest absolute Gasteiger partial charge is 0.398 e. The Bertz CT molecular complexity index is 394. The molecule has 0 fully saturated rings. The van der Waals surface area contributed by atoms with Gasteiger partial charge in [-0.05, 0) is 24.6 Å². The lowest BCUT2D eigenvalue weighted by atomic mass is 10.1. The van der Waals surface area contributed by atoms with Crippen LogP contribution >= 0.6 is 11.6 Å². The fraction of sp³-hybridized carbons (Fsp3) is 0.364. The number of hydrogen-bond acceptors (Lipinski definition) is 3.